The fourth-order valence-electron chi connectivity index (χ4n) is 2.51. The third-order valence-corrected chi connectivity index (χ3v) is 5.24. The van der Waals surface area contributed by atoms with E-state index in [0.717, 1.165) is 25.7 Å². The smallest absolute Gasteiger partial charge is 0.220 e. The van der Waals surface area contributed by atoms with Gasteiger partial charge in [0.25, 0.3) is 0 Å². The van der Waals surface area contributed by atoms with Gasteiger partial charge in [-0.2, -0.15) is 0 Å². The van der Waals surface area contributed by atoms with E-state index in [2.05, 4.69) is 5.32 Å². The van der Waals surface area contributed by atoms with Gasteiger partial charge in [0.15, 0.2) is 9.84 Å². The van der Waals surface area contributed by atoms with Crippen LogP contribution in [-0.4, -0.2) is 39.8 Å². The first-order chi connectivity index (χ1) is 11.4. The van der Waals surface area contributed by atoms with Gasteiger partial charge in [-0.05, 0) is 55.9 Å². The third kappa shape index (κ3) is 6.13. The van der Waals surface area contributed by atoms with E-state index in [4.69, 9.17) is 10.5 Å². The van der Waals surface area contributed by atoms with Crippen LogP contribution >= 0.6 is 0 Å². The summed E-state index contributed by atoms with van der Waals surface area (Å²) in [5.41, 5.74) is 5.67. The lowest BCUT2D eigenvalue weighted by atomic mass is 10.1. The van der Waals surface area contributed by atoms with Gasteiger partial charge in [-0.3, -0.25) is 4.79 Å². The Balaban J connectivity index is 1.61. The minimum atomic E-state index is -3.18. The molecule has 1 amide bonds. The molecule has 1 unspecified atom stereocenters. The number of hydrogen-bond donors (Lipinski definition) is 2. The second kappa shape index (κ2) is 8.48. The number of unbranched alkanes of at least 4 members (excludes halogenated alkanes) is 1. The maximum absolute atomic E-state index is 11.8. The topological polar surface area (TPSA) is 98.5 Å². The van der Waals surface area contributed by atoms with Gasteiger partial charge in [0.2, 0.25) is 5.91 Å². The van der Waals surface area contributed by atoms with Gasteiger partial charge >= 0.3 is 0 Å². The Labute approximate surface area is 143 Å². The average Bonchev–Trinajstić information content (AvgIpc) is 3.36. The molecule has 134 valence electrons. The van der Waals surface area contributed by atoms with E-state index in [0.29, 0.717) is 31.2 Å². The van der Waals surface area contributed by atoms with Crippen LogP contribution in [0.1, 0.15) is 32.1 Å². The van der Waals surface area contributed by atoms with Crippen LogP contribution in [0.4, 0.5) is 0 Å². The molecular formula is C17H26N2O4S. The summed E-state index contributed by atoms with van der Waals surface area (Å²) in [7, 11) is -3.18. The van der Waals surface area contributed by atoms with Crippen LogP contribution in [0, 0.1) is 5.92 Å². The van der Waals surface area contributed by atoms with E-state index in [9.17, 15) is 13.2 Å². The zero-order chi connectivity index (χ0) is 17.6. The second-order valence-electron chi connectivity index (χ2n) is 6.30. The van der Waals surface area contributed by atoms with Crippen LogP contribution in [-0.2, 0) is 14.6 Å². The Morgan fingerprint density at radius 2 is 1.96 bits per heavy atom. The van der Waals surface area contributed by atoms with Gasteiger partial charge in [-0.25, -0.2) is 8.42 Å². The molecule has 0 saturated heterocycles. The van der Waals surface area contributed by atoms with Crippen molar-refractivity contribution in [1.29, 1.82) is 0 Å². The summed E-state index contributed by atoms with van der Waals surface area (Å²) in [5, 5.41) is 3.00. The van der Waals surface area contributed by atoms with Crippen LogP contribution in [0.5, 0.6) is 5.75 Å². The van der Waals surface area contributed by atoms with Crippen LogP contribution in [0.3, 0.4) is 0 Å². The first kappa shape index (κ1) is 18.7. The van der Waals surface area contributed by atoms with Crippen molar-refractivity contribution < 1.29 is 17.9 Å². The largest absolute Gasteiger partial charge is 0.494 e. The van der Waals surface area contributed by atoms with Crippen LogP contribution in [0.15, 0.2) is 29.2 Å². The lowest BCUT2D eigenvalue weighted by Gasteiger charge is -2.15. The fraction of sp³-hybridized carbons (Fsp3) is 0.588. The number of hydrogen-bond acceptors (Lipinski definition) is 5. The minimum absolute atomic E-state index is 0.0508. The molecular weight excluding hydrogens is 328 g/mol. The molecule has 7 heteroatoms. The second-order valence-corrected chi connectivity index (χ2v) is 8.31. The normalized spacial score (nSPS) is 15.8. The standard InChI is InChI=1S/C17H26N2O4S/c1-24(21,22)15-9-7-14(8-10-15)23-11-3-2-4-17(20)19-16(12-18)13-5-6-13/h7-10,13,16H,2-6,11-12,18H2,1H3,(H,19,20). The molecule has 0 radical (unpaired) electrons. The van der Waals surface area contributed by atoms with Crippen molar-refractivity contribution in [1.82, 2.24) is 5.32 Å². The summed E-state index contributed by atoms with van der Waals surface area (Å²) in [6.07, 6.45) is 5.47. The Morgan fingerprint density at radius 1 is 1.29 bits per heavy atom. The van der Waals surface area contributed by atoms with E-state index in [1.54, 1.807) is 12.1 Å². The Morgan fingerprint density at radius 3 is 2.50 bits per heavy atom. The summed E-state index contributed by atoms with van der Waals surface area (Å²) in [6, 6.07) is 6.48. The van der Waals surface area contributed by atoms with Crippen molar-refractivity contribution in [2.45, 2.75) is 43.0 Å². The molecule has 0 heterocycles. The summed E-state index contributed by atoms with van der Waals surface area (Å²) in [6.45, 7) is 0.997. The first-order valence-corrected chi connectivity index (χ1v) is 10.2. The van der Waals surface area contributed by atoms with Gasteiger partial charge in [0.1, 0.15) is 5.75 Å². The van der Waals surface area contributed by atoms with Crippen molar-refractivity contribution in [2.24, 2.45) is 11.7 Å². The number of carbonyl (C=O) groups excluding carboxylic acids is 1. The molecule has 1 aliphatic carbocycles. The van der Waals surface area contributed by atoms with E-state index < -0.39 is 9.84 Å². The summed E-state index contributed by atoms with van der Waals surface area (Å²) < 4.78 is 28.3. The number of amides is 1. The summed E-state index contributed by atoms with van der Waals surface area (Å²) >= 11 is 0. The Hall–Kier alpha value is -1.60. The maximum Gasteiger partial charge on any atom is 0.220 e. The zero-order valence-electron chi connectivity index (χ0n) is 14.0. The number of carbonyl (C=O) groups is 1. The molecule has 1 aliphatic rings. The summed E-state index contributed by atoms with van der Waals surface area (Å²) in [5.74, 6) is 1.25. The number of ether oxygens (including phenoxy) is 1. The van der Waals surface area contributed by atoms with Gasteiger partial charge in [-0.15, -0.1) is 0 Å². The maximum atomic E-state index is 11.8. The highest BCUT2D eigenvalue weighted by Crippen LogP contribution is 2.32. The SMILES string of the molecule is CS(=O)(=O)c1ccc(OCCCCC(=O)NC(CN)C2CC2)cc1. The van der Waals surface area contributed by atoms with Gasteiger partial charge < -0.3 is 15.8 Å². The molecule has 0 aromatic heterocycles. The van der Waals surface area contributed by atoms with Crippen molar-refractivity contribution in [2.75, 3.05) is 19.4 Å². The Kier molecular flexibility index (Phi) is 6.62. The molecule has 1 saturated carbocycles. The zero-order valence-corrected chi connectivity index (χ0v) is 14.8. The highest BCUT2D eigenvalue weighted by atomic mass is 32.2. The van der Waals surface area contributed by atoms with Crippen LogP contribution < -0.4 is 15.8 Å². The fourth-order valence-corrected chi connectivity index (χ4v) is 3.14. The molecule has 1 atom stereocenters. The van der Waals surface area contributed by atoms with Crippen molar-refractivity contribution in [3.05, 3.63) is 24.3 Å². The predicted octanol–water partition coefficient (Wildman–Crippen LogP) is 1.49. The van der Waals surface area contributed by atoms with E-state index in [1.165, 1.54) is 18.4 Å². The molecule has 3 N–H and O–H groups in total. The molecule has 2 rings (SSSR count). The Bertz CT molecular complexity index is 639. The monoisotopic (exact) mass is 354 g/mol. The third-order valence-electron chi connectivity index (χ3n) is 4.11. The average molecular weight is 354 g/mol. The lowest BCUT2D eigenvalue weighted by Crippen LogP contribution is -2.41. The van der Waals surface area contributed by atoms with Crippen molar-refractivity contribution in [3.8, 4) is 5.75 Å². The highest BCUT2D eigenvalue weighted by Gasteiger charge is 2.30. The van der Waals surface area contributed by atoms with Crippen molar-refractivity contribution in [3.63, 3.8) is 0 Å². The van der Waals surface area contributed by atoms with Gasteiger partial charge in [0, 0.05) is 25.3 Å². The number of nitrogens with one attached hydrogen (secondary N) is 1. The molecule has 0 spiro atoms. The number of rotatable bonds is 10. The molecule has 0 aliphatic heterocycles. The first-order valence-electron chi connectivity index (χ1n) is 8.32. The molecule has 1 aromatic carbocycles. The van der Waals surface area contributed by atoms with E-state index >= 15 is 0 Å². The van der Waals surface area contributed by atoms with Crippen LogP contribution in [0.25, 0.3) is 0 Å². The van der Waals surface area contributed by atoms with Gasteiger partial charge in [0.05, 0.1) is 11.5 Å². The molecule has 1 fully saturated rings. The number of nitrogens with two attached hydrogens (primary N) is 1. The quantitative estimate of drug-likeness (QED) is 0.620. The lowest BCUT2D eigenvalue weighted by molar-refractivity contribution is -0.122. The minimum Gasteiger partial charge on any atom is -0.494 e. The summed E-state index contributed by atoms with van der Waals surface area (Å²) in [4.78, 5) is 12.1. The predicted molar refractivity (Wildman–Crippen MR) is 92.6 cm³/mol. The number of benzene rings is 1. The van der Waals surface area contributed by atoms with Gasteiger partial charge in [-0.1, -0.05) is 0 Å². The van der Waals surface area contributed by atoms with E-state index in [-0.39, 0.29) is 16.8 Å². The molecule has 0 bridgehead atoms. The highest BCUT2D eigenvalue weighted by molar-refractivity contribution is 7.90. The van der Waals surface area contributed by atoms with Crippen LogP contribution in [0.2, 0.25) is 0 Å². The van der Waals surface area contributed by atoms with E-state index in [1.807, 2.05) is 0 Å². The molecule has 6 nitrogen and oxygen atoms in total. The molecule has 1 aromatic rings. The number of sulfone groups is 1. The molecule has 24 heavy (non-hydrogen) atoms. The van der Waals surface area contributed by atoms with Crippen molar-refractivity contribution >= 4 is 15.7 Å².